The zero-order valence-corrected chi connectivity index (χ0v) is 12.5. The largest absolute Gasteiger partial charge is 0.451 e. The molecule has 1 aliphatic heterocycles. The molecule has 0 spiro atoms. The summed E-state index contributed by atoms with van der Waals surface area (Å²) < 4.78 is 37.8. The Balaban J connectivity index is 1.93. The number of likely N-dealkylation sites (tertiary alicyclic amines) is 1. The van der Waals surface area contributed by atoms with Crippen LogP contribution >= 0.6 is 11.6 Å². The third kappa shape index (κ3) is 4.71. The van der Waals surface area contributed by atoms with Gasteiger partial charge in [0.25, 0.3) is 0 Å². The second kappa shape index (κ2) is 6.79. The van der Waals surface area contributed by atoms with E-state index in [1.807, 2.05) is 0 Å². The predicted molar refractivity (Wildman–Crippen MR) is 75.4 cm³/mol. The average molecular weight is 323 g/mol. The van der Waals surface area contributed by atoms with Crippen molar-refractivity contribution in [1.29, 1.82) is 0 Å². The van der Waals surface area contributed by atoms with E-state index in [4.69, 9.17) is 11.6 Å². The predicted octanol–water partition coefficient (Wildman–Crippen LogP) is 3.29. The molecule has 2 rings (SSSR count). The fraction of sp³-hybridized carbons (Fsp3) is 0.692. The molecule has 0 radical (unpaired) electrons. The van der Waals surface area contributed by atoms with E-state index in [0.717, 1.165) is 32.5 Å². The molecular formula is C13H18ClF3N4. The Hall–Kier alpha value is -1.08. The minimum Gasteiger partial charge on any atom is -0.370 e. The lowest BCUT2D eigenvalue weighted by molar-refractivity contribution is -0.144. The number of aromatic nitrogens is 2. The van der Waals surface area contributed by atoms with Crippen LogP contribution in [0.2, 0.25) is 5.15 Å². The van der Waals surface area contributed by atoms with Crippen LogP contribution in [0.1, 0.15) is 25.6 Å². The van der Waals surface area contributed by atoms with Crippen LogP contribution in [0.4, 0.5) is 19.0 Å². The van der Waals surface area contributed by atoms with Crippen molar-refractivity contribution in [2.45, 2.75) is 25.9 Å². The summed E-state index contributed by atoms with van der Waals surface area (Å²) in [7, 11) is 0. The first-order valence-corrected chi connectivity index (χ1v) is 7.34. The molecule has 1 aliphatic rings. The number of nitrogens with one attached hydrogen (secondary N) is 1. The topological polar surface area (TPSA) is 41.0 Å². The number of hydrogen-bond acceptors (Lipinski definition) is 4. The molecule has 4 nitrogen and oxygen atoms in total. The van der Waals surface area contributed by atoms with Gasteiger partial charge in [-0.15, -0.1) is 0 Å². The van der Waals surface area contributed by atoms with Gasteiger partial charge in [0.15, 0.2) is 0 Å². The minimum atomic E-state index is -4.59. The SMILES string of the molecule is CCN1CCC(CNc2cc(Cl)nc(C(F)(F)F)n2)CC1. The fourth-order valence-corrected chi connectivity index (χ4v) is 2.57. The molecule has 0 aliphatic carbocycles. The number of alkyl halides is 3. The van der Waals surface area contributed by atoms with Crippen LogP contribution in [-0.4, -0.2) is 41.0 Å². The molecule has 1 N–H and O–H groups in total. The minimum absolute atomic E-state index is 0.125. The van der Waals surface area contributed by atoms with Gasteiger partial charge >= 0.3 is 6.18 Å². The highest BCUT2D eigenvalue weighted by Gasteiger charge is 2.35. The van der Waals surface area contributed by atoms with Crippen molar-refractivity contribution in [3.63, 3.8) is 0 Å². The van der Waals surface area contributed by atoms with Crippen molar-refractivity contribution >= 4 is 17.4 Å². The highest BCUT2D eigenvalue weighted by atomic mass is 35.5. The molecule has 0 aromatic carbocycles. The third-order valence-electron chi connectivity index (χ3n) is 3.67. The lowest BCUT2D eigenvalue weighted by atomic mass is 9.97. The van der Waals surface area contributed by atoms with Gasteiger partial charge in [-0.05, 0) is 38.4 Å². The number of anilines is 1. The molecule has 21 heavy (non-hydrogen) atoms. The summed E-state index contributed by atoms with van der Waals surface area (Å²) in [5.74, 6) is -0.644. The zero-order valence-electron chi connectivity index (χ0n) is 11.8. The van der Waals surface area contributed by atoms with Crippen molar-refractivity contribution in [3.05, 3.63) is 17.0 Å². The van der Waals surface area contributed by atoms with E-state index < -0.39 is 12.0 Å². The van der Waals surface area contributed by atoms with Gasteiger partial charge in [-0.25, -0.2) is 9.97 Å². The summed E-state index contributed by atoms with van der Waals surface area (Å²) in [6.07, 6.45) is -2.52. The molecule has 1 aromatic rings. The van der Waals surface area contributed by atoms with E-state index in [0.29, 0.717) is 12.5 Å². The van der Waals surface area contributed by atoms with E-state index in [9.17, 15) is 13.2 Å². The van der Waals surface area contributed by atoms with Crippen LogP contribution in [0.3, 0.4) is 0 Å². The second-order valence-corrected chi connectivity index (χ2v) is 5.54. The van der Waals surface area contributed by atoms with Crippen LogP contribution in [-0.2, 0) is 6.18 Å². The summed E-state index contributed by atoms with van der Waals surface area (Å²) >= 11 is 5.62. The van der Waals surface area contributed by atoms with Gasteiger partial charge < -0.3 is 10.2 Å². The highest BCUT2D eigenvalue weighted by molar-refractivity contribution is 6.29. The van der Waals surface area contributed by atoms with Crippen molar-refractivity contribution in [2.24, 2.45) is 5.92 Å². The molecule has 118 valence electrons. The first-order chi connectivity index (χ1) is 9.88. The standard InChI is InChI=1S/C13H18ClF3N4/c1-2-21-5-3-9(4-6-21)8-18-11-7-10(14)19-12(20-11)13(15,16)17/h7,9H,2-6,8H2,1H3,(H,18,19,20). The second-order valence-electron chi connectivity index (χ2n) is 5.16. The molecule has 1 aromatic heterocycles. The molecule has 0 saturated carbocycles. The summed E-state index contributed by atoms with van der Waals surface area (Å²) in [5, 5.41) is 2.74. The summed E-state index contributed by atoms with van der Waals surface area (Å²) in [4.78, 5) is 9.04. The Morgan fingerprint density at radius 1 is 1.33 bits per heavy atom. The molecular weight excluding hydrogens is 305 g/mol. The molecule has 0 bridgehead atoms. The van der Waals surface area contributed by atoms with Crippen LogP contribution in [0.5, 0.6) is 0 Å². The van der Waals surface area contributed by atoms with E-state index in [-0.39, 0.29) is 11.0 Å². The number of piperidine rings is 1. The first kappa shape index (κ1) is 16.3. The lowest BCUT2D eigenvalue weighted by Gasteiger charge is -2.31. The zero-order chi connectivity index (χ0) is 15.5. The molecule has 8 heteroatoms. The van der Waals surface area contributed by atoms with Crippen molar-refractivity contribution < 1.29 is 13.2 Å². The monoisotopic (exact) mass is 322 g/mol. The molecule has 2 heterocycles. The van der Waals surface area contributed by atoms with Crippen molar-refractivity contribution in [1.82, 2.24) is 14.9 Å². The van der Waals surface area contributed by atoms with E-state index >= 15 is 0 Å². The lowest BCUT2D eigenvalue weighted by Crippen LogP contribution is -2.35. The van der Waals surface area contributed by atoms with Gasteiger partial charge in [0.05, 0.1) is 0 Å². The fourth-order valence-electron chi connectivity index (χ4n) is 2.39. The Morgan fingerprint density at radius 3 is 2.57 bits per heavy atom. The quantitative estimate of drug-likeness (QED) is 0.864. The summed E-state index contributed by atoms with van der Waals surface area (Å²) in [5.41, 5.74) is 0. The first-order valence-electron chi connectivity index (χ1n) is 6.96. The molecule has 0 amide bonds. The molecule has 1 saturated heterocycles. The number of rotatable bonds is 4. The van der Waals surface area contributed by atoms with Gasteiger partial charge in [0.1, 0.15) is 11.0 Å². The number of halogens is 4. The average Bonchev–Trinajstić information content (AvgIpc) is 2.44. The van der Waals surface area contributed by atoms with Crippen molar-refractivity contribution in [2.75, 3.05) is 31.5 Å². The Kier molecular flexibility index (Phi) is 5.27. The maximum Gasteiger partial charge on any atom is 0.451 e. The van der Waals surface area contributed by atoms with Crippen LogP contribution < -0.4 is 5.32 Å². The normalized spacial score (nSPS) is 18.0. The maximum atomic E-state index is 12.6. The van der Waals surface area contributed by atoms with Gasteiger partial charge in [0, 0.05) is 12.6 Å². The Morgan fingerprint density at radius 2 is 2.00 bits per heavy atom. The van der Waals surface area contributed by atoms with E-state index in [1.54, 1.807) is 0 Å². The molecule has 0 atom stereocenters. The van der Waals surface area contributed by atoms with Gasteiger partial charge in [0.2, 0.25) is 5.82 Å². The van der Waals surface area contributed by atoms with Crippen LogP contribution in [0, 0.1) is 5.92 Å². The molecule has 0 unspecified atom stereocenters. The summed E-state index contributed by atoms with van der Waals surface area (Å²) in [6, 6.07) is 1.32. The maximum absolute atomic E-state index is 12.6. The number of hydrogen-bond donors (Lipinski definition) is 1. The molecule has 1 fully saturated rings. The van der Waals surface area contributed by atoms with Gasteiger partial charge in [-0.2, -0.15) is 13.2 Å². The number of nitrogens with zero attached hydrogens (tertiary/aromatic N) is 3. The van der Waals surface area contributed by atoms with E-state index in [1.165, 1.54) is 6.07 Å². The van der Waals surface area contributed by atoms with Gasteiger partial charge in [-0.3, -0.25) is 0 Å². The van der Waals surface area contributed by atoms with Crippen LogP contribution in [0.25, 0.3) is 0 Å². The van der Waals surface area contributed by atoms with Crippen molar-refractivity contribution in [3.8, 4) is 0 Å². The summed E-state index contributed by atoms with van der Waals surface area (Å²) in [6.45, 7) is 5.82. The Labute approximate surface area is 126 Å². The van der Waals surface area contributed by atoms with Gasteiger partial charge in [-0.1, -0.05) is 18.5 Å². The Bertz CT molecular complexity index is 473. The third-order valence-corrected chi connectivity index (χ3v) is 3.87. The van der Waals surface area contributed by atoms with Crippen LogP contribution in [0.15, 0.2) is 6.07 Å². The smallest absolute Gasteiger partial charge is 0.370 e. The highest BCUT2D eigenvalue weighted by Crippen LogP contribution is 2.28. The van der Waals surface area contributed by atoms with E-state index in [2.05, 4.69) is 27.1 Å².